The molecular weight excluding hydrogens is 356 g/mol. The first-order valence-electron chi connectivity index (χ1n) is 7.60. The van der Waals surface area contributed by atoms with Gasteiger partial charge in [-0.3, -0.25) is 0 Å². The number of hydrogen-bond donors (Lipinski definition) is 1. The van der Waals surface area contributed by atoms with Crippen molar-refractivity contribution < 1.29 is 0 Å². The summed E-state index contributed by atoms with van der Waals surface area (Å²) in [7, 11) is 3.99. The van der Waals surface area contributed by atoms with E-state index in [9.17, 15) is 0 Å². The topological polar surface area (TPSA) is 58.3 Å². The minimum atomic E-state index is 0.504. The molecule has 1 aromatic carbocycles. The lowest BCUT2D eigenvalue weighted by atomic mass is 10.2. The first kappa shape index (κ1) is 17.5. The summed E-state index contributed by atoms with van der Waals surface area (Å²) in [6.07, 6.45) is 0. The van der Waals surface area contributed by atoms with Gasteiger partial charge in [-0.2, -0.15) is 0 Å². The van der Waals surface area contributed by atoms with Gasteiger partial charge >= 0.3 is 0 Å². The lowest BCUT2D eigenvalue weighted by Gasteiger charge is -2.22. The Balaban J connectivity index is 2.08. The lowest BCUT2D eigenvalue weighted by molar-refractivity contribution is 0.476. The molecule has 0 aliphatic rings. The van der Waals surface area contributed by atoms with E-state index in [1.165, 1.54) is 5.56 Å². The number of nitrogens with zero attached hydrogens (tertiary/aromatic N) is 5. The first-order chi connectivity index (χ1) is 11.0. The minimum Gasteiger partial charge on any atom is -0.357 e. The Morgan fingerprint density at radius 3 is 2.57 bits per heavy atom. The summed E-state index contributed by atoms with van der Waals surface area (Å²) in [6, 6.07) is 8.32. The van der Waals surface area contributed by atoms with Gasteiger partial charge in [0.2, 0.25) is 0 Å². The third kappa shape index (κ3) is 4.79. The van der Waals surface area contributed by atoms with Crippen LogP contribution in [0.15, 0.2) is 33.7 Å². The number of guanidine groups is 1. The van der Waals surface area contributed by atoms with Crippen LogP contribution in [0.2, 0.25) is 0 Å². The third-order valence-corrected chi connectivity index (χ3v) is 4.11. The van der Waals surface area contributed by atoms with Crippen molar-refractivity contribution in [1.82, 2.24) is 25.0 Å². The zero-order valence-corrected chi connectivity index (χ0v) is 15.6. The fourth-order valence-corrected chi connectivity index (χ4v) is 2.41. The molecule has 0 spiro atoms. The Morgan fingerprint density at radius 1 is 1.30 bits per heavy atom. The van der Waals surface area contributed by atoms with Crippen molar-refractivity contribution in [1.29, 1.82) is 0 Å². The number of halogens is 1. The van der Waals surface area contributed by atoms with Crippen LogP contribution in [0.5, 0.6) is 0 Å². The molecular formula is C16H23BrN6. The summed E-state index contributed by atoms with van der Waals surface area (Å²) in [6.45, 7) is 6.11. The molecule has 2 aromatic rings. The van der Waals surface area contributed by atoms with E-state index in [0.717, 1.165) is 35.2 Å². The van der Waals surface area contributed by atoms with Crippen LogP contribution in [0.25, 0.3) is 0 Å². The van der Waals surface area contributed by atoms with E-state index in [-0.39, 0.29) is 0 Å². The predicted octanol–water partition coefficient (Wildman–Crippen LogP) is 2.48. The minimum absolute atomic E-state index is 0.504. The number of aromatic nitrogens is 3. The predicted molar refractivity (Wildman–Crippen MR) is 96.2 cm³/mol. The van der Waals surface area contributed by atoms with E-state index in [2.05, 4.69) is 72.5 Å². The maximum Gasteiger partial charge on any atom is 0.194 e. The van der Waals surface area contributed by atoms with Crippen molar-refractivity contribution in [3.05, 3.63) is 46.0 Å². The van der Waals surface area contributed by atoms with Crippen LogP contribution in [0.1, 0.15) is 24.1 Å². The summed E-state index contributed by atoms with van der Waals surface area (Å²) in [5.41, 5.74) is 1.23. The summed E-state index contributed by atoms with van der Waals surface area (Å²) in [5, 5.41) is 11.5. The number of aryl methyl sites for hydroxylation is 1. The van der Waals surface area contributed by atoms with Gasteiger partial charge in [-0.1, -0.05) is 28.1 Å². The lowest BCUT2D eigenvalue weighted by Crippen LogP contribution is -2.38. The Kier molecular flexibility index (Phi) is 6.15. The summed E-state index contributed by atoms with van der Waals surface area (Å²) >= 11 is 3.46. The van der Waals surface area contributed by atoms with E-state index in [0.29, 0.717) is 6.54 Å². The van der Waals surface area contributed by atoms with Crippen LogP contribution in [-0.2, 0) is 20.1 Å². The maximum absolute atomic E-state index is 4.67. The molecule has 0 saturated carbocycles. The van der Waals surface area contributed by atoms with Crippen LogP contribution in [0.4, 0.5) is 0 Å². The fourth-order valence-electron chi connectivity index (χ4n) is 2.14. The average molecular weight is 379 g/mol. The summed E-state index contributed by atoms with van der Waals surface area (Å²) < 4.78 is 3.05. The van der Waals surface area contributed by atoms with Gasteiger partial charge in [-0.05, 0) is 31.5 Å². The van der Waals surface area contributed by atoms with Crippen molar-refractivity contribution in [2.24, 2.45) is 12.0 Å². The van der Waals surface area contributed by atoms with Crippen molar-refractivity contribution in [3.8, 4) is 0 Å². The molecule has 2 rings (SSSR count). The molecule has 0 bridgehead atoms. The van der Waals surface area contributed by atoms with E-state index in [4.69, 9.17) is 0 Å². The van der Waals surface area contributed by atoms with Crippen molar-refractivity contribution >= 4 is 21.9 Å². The second-order valence-electron chi connectivity index (χ2n) is 5.38. The second-order valence-corrected chi connectivity index (χ2v) is 6.29. The first-order valence-corrected chi connectivity index (χ1v) is 8.39. The second kappa shape index (κ2) is 8.10. The van der Waals surface area contributed by atoms with Gasteiger partial charge in [-0.25, -0.2) is 4.99 Å². The number of rotatable bonds is 5. The number of benzene rings is 1. The van der Waals surface area contributed by atoms with Gasteiger partial charge in [0.25, 0.3) is 0 Å². The SMILES string of the molecule is CCNC(=NCc1nnc(C)n1C)N(C)Cc1ccc(Br)cc1. The molecule has 0 fully saturated rings. The quantitative estimate of drug-likeness (QED) is 0.641. The molecule has 0 radical (unpaired) electrons. The van der Waals surface area contributed by atoms with Crippen LogP contribution in [-0.4, -0.2) is 39.2 Å². The molecule has 6 nitrogen and oxygen atoms in total. The van der Waals surface area contributed by atoms with Crippen LogP contribution >= 0.6 is 15.9 Å². The third-order valence-electron chi connectivity index (χ3n) is 3.58. The highest BCUT2D eigenvalue weighted by Gasteiger charge is 2.09. The summed E-state index contributed by atoms with van der Waals surface area (Å²) in [5.74, 6) is 2.61. The normalized spacial score (nSPS) is 11.6. The monoisotopic (exact) mass is 378 g/mol. The zero-order chi connectivity index (χ0) is 16.8. The van der Waals surface area contributed by atoms with E-state index in [1.807, 2.05) is 25.6 Å². The fraction of sp³-hybridized carbons (Fsp3) is 0.438. The van der Waals surface area contributed by atoms with Gasteiger partial charge in [-0.15, -0.1) is 10.2 Å². The average Bonchev–Trinajstić information content (AvgIpc) is 2.85. The smallest absolute Gasteiger partial charge is 0.194 e. The Labute approximate surface area is 145 Å². The van der Waals surface area contributed by atoms with Gasteiger partial charge < -0.3 is 14.8 Å². The molecule has 0 aliphatic heterocycles. The summed E-state index contributed by atoms with van der Waals surface area (Å²) in [4.78, 5) is 6.78. The van der Waals surface area contributed by atoms with Crippen LogP contribution < -0.4 is 5.32 Å². The van der Waals surface area contributed by atoms with Gasteiger partial charge in [0.05, 0.1) is 0 Å². The largest absolute Gasteiger partial charge is 0.357 e. The Bertz CT molecular complexity index is 662. The highest BCUT2D eigenvalue weighted by molar-refractivity contribution is 9.10. The molecule has 1 aromatic heterocycles. The van der Waals surface area contributed by atoms with Gasteiger partial charge in [0, 0.05) is 31.7 Å². The molecule has 0 unspecified atom stereocenters. The van der Waals surface area contributed by atoms with Gasteiger partial charge in [0.1, 0.15) is 12.4 Å². The molecule has 23 heavy (non-hydrogen) atoms. The van der Waals surface area contributed by atoms with Crippen LogP contribution in [0.3, 0.4) is 0 Å². The van der Waals surface area contributed by atoms with Gasteiger partial charge in [0.15, 0.2) is 11.8 Å². The van der Waals surface area contributed by atoms with Crippen LogP contribution in [0, 0.1) is 6.92 Å². The molecule has 0 atom stereocenters. The maximum atomic E-state index is 4.67. The molecule has 7 heteroatoms. The van der Waals surface area contributed by atoms with E-state index >= 15 is 0 Å². The number of hydrogen-bond acceptors (Lipinski definition) is 3. The molecule has 1 heterocycles. The number of aliphatic imine (C=N–C) groups is 1. The highest BCUT2D eigenvalue weighted by Crippen LogP contribution is 2.12. The van der Waals surface area contributed by atoms with Crippen molar-refractivity contribution in [2.75, 3.05) is 13.6 Å². The molecule has 0 amide bonds. The molecule has 0 saturated heterocycles. The molecule has 0 aliphatic carbocycles. The van der Waals surface area contributed by atoms with Crippen molar-refractivity contribution in [3.63, 3.8) is 0 Å². The van der Waals surface area contributed by atoms with Crippen molar-refractivity contribution in [2.45, 2.75) is 26.9 Å². The molecule has 124 valence electrons. The Morgan fingerprint density at radius 2 is 2.00 bits per heavy atom. The van der Waals surface area contributed by atoms with E-state index < -0.39 is 0 Å². The Hall–Kier alpha value is -1.89. The van der Waals surface area contributed by atoms with E-state index in [1.54, 1.807) is 0 Å². The zero-order valence-electron chi connectivity index (χ0n) is 14.0. The highest BCUT2D eigenvalue weighted by atomic mass is 79.9. The standard InChI is InChI=1S/C16H23BrN6/c1-5-18-16(19-10-15-21-20-12(2)23(15)4)22(3)11-13-6-8-14(17)9-7-13/h6-9H,5,10-11H2,1-4H3,(H,18,19). The molecule has 1 N–H and O–H groups in total. The number of nitrogens with one attached hydrogen (secondary N) is 1.